The largest absolute Gasteiger partial charge is 0.348 e. The van der Waals surface area contributed by atoms with Gasteiger partial charge in [-0.25, -0.2) is 8.42 Å². The van der Waals surface area contributed by atoms with Crippen molar-refractivity contribution in [2.24, 2.45) is 0 Å². The Labute approximate surface area is 195 Å². The van der Waals surface area contributed by atoms with E-state index in [2.05, 4.69) is 5.32 Å². The van der Waals surface area contributed by atoms with Gasteiger partial charge in [0.2, 0.25) is 5.91 Å². The van der Waals surface area contributed by atoms with Crippen molar-refractivity contribution >= 4 is 33.2 Å². The van der Waals surface area contributed by atoms with Crippen LogP contribution in [0.1, 0.15) is 36.1 Å². The van der Waals surface area contributed by atoms with Crippen LogP contribution in [0.4, 0.5) is 5.69 Å². The van der Waals surface area contributed by atoms with Crippen molar-refractivity contribution in [3.05, 3.63) is 94.5 Å². The number of halogens is 1. The van der Waals surface area contributed by atoms with E-state index < -0.39 is 15.9 Å². The van der Waals surface area contributed by atoms with Gasteiger partial charge in [0.25, 0.3) is 10.0 Å². The van der Waals surface area contributed by atoms with Gasteiger partial charge in [0.15, 0.2) is 0 Å². The molecule has 0 radical (unpaired) electrons. The summed E-state index contributed by atoms with van der Waals surface area (Å²) in [6, 6.07) is 20.8. The Morgan fingerprint density at radius 2 is 1.50 bits per heavy atom. The number of nitrogens with one attached hydrogen (secondary N) is 1. The Bertz CT molecular complexity index is 1180. The predicted molar refractivity (Wildman–Crippen MR) is 130 cm³/mol. The predicted octanol–water partition coefficient (Wildman–Crippen LogP) is 5.42. The SMILES string of the molecule is CC[C@@H](NC(=O)CN(c1ccccc1Cl)S(=O)(=O)c1ccc(C)cc1)c1ccc(C)cc1. The summed E-state index contributed by atoms with van der Waals surface area (Å²) in [6.45, 7) is 5.47. The molecule has 0 saturated carbocycles. The van der Waals surface area contributed by atoms with E-state index in [-0.39, 0.29) is 28.2 Å². The van der Waals surface area contributed by atoms with Gasteiger partial charge in [-0.2, -0.15) is 0 Å². The fraction of sp³-hybridized carbons (Fsp3) is 0.240. The summed E-state index contributed by atoms with van der Waals surface area (Å²) in [5.41, 5.74) is 3.30. The Kier molecular flexibility index (Phi) is 7.59. The number of carbonyl (C=O) groups excluding carboxylic acids is 1. The maximum Gasteiger partial charge on any atom is 0.264 e. The van der Waals surface area contributed by atoms with E-state index in [9.17, 15) is 13.2 Å². The molecule has 3 aromatic carbocycles. The van der Waals surface area contributed by atoms with Gasteiger partial charge in [-0.1, -0.05) is 78.2 Å². The van der Waals surface area contributed by atoms with Gasteiger partial charge in [0, 0.05) is 0 Å². The molecule has 3 aromatic rings. The molecule has 0 heterocycles. The number of sulfonamides is 1. The molecule has 5 nitrogen and oxygen atoms in total. The fourth-order valence-electron chi connectivity index (χ4n) is 3.38. The lowest BCUT2D eigenvalue weighted by Gasteiger charge is -2.26. The second-order valence-corrected chi connectivity index (χ2v) is 9.98. The van der Waals surface area contributed by atoms with Crippen LogP contribution in [0.5, 0.6) is 0 Å². The number of hydrogen-bond donors (Lipinski definition) is 1. The van der Waals surface area contributed by atoms with Gasteiger partial charge in [-0.05, 0) is 50.1 Å². The van der Waals surface area contributed by atoms with Crippen molar-refractivity contribution in [1.29, 1.82) is 0 Å². The van der Waals surface area contributed by atoms with Gasteiger partial charge in [-0.3, -0.25) is 9.10 Å². The second kappa shape index (κ2) is 10.2. The molecular weight excluding hydrogens is 444 g/mol. The van der Waals surface area contributed by atoms with Gasteiger partial charge >= 0.3 is 0 Å². The minimum Gasteiger partial charge on any atom is -0.348 e. The lowest BCUT2D eigenvalue weighted by molar-refractivity contribution is -0.120. The molecule has 7 heteroatoms. The third-order valence-electron chi connectivity index (χ3n) is 5.24. The number of nitrogens with zero attached hydrogens (tertiary/aromatic N) is 1. The van der Waals surface area contributed by atoms with Crippen molar-refractivity contribution in [2.45, 2.75) is 38.1 Å². The summed E-state index contributed by atoms with van der Waals surface area (Å²) < 4.78 is 28.0. The number of rotatable bonds is 8. The number of amides is 1. The van der Waals surface area contributed by atoms with Gasteiger partial charge in [0.05, 0.1) is 21.6 Å². The molecule has 1 atom stereocenters. The van der Waals surface area contributed by atoms with Crippen molar-refractivity contribution in [2.75, 3.05) is 10.8 Å². The van der Waals surface area contributed by atoms with E-state index in [1.165, 1.54) is 12.1 Å². The topological polar surface area (TPSA) is 66.5 Å². The van der Waals surface area contributed by atoms with E-state index in [4.69, 9.17) is 11.6 Å². The molecule has 168 valence electrons. The second-order valence-electron chi connectivity index (χ2n) is 7.72. The van der Waals surface area contributed by atoms with Crippen LogP contribution < -0.4 is 9.62 Å². The quantitative estimate of drug-likeness (QED) is 0.478. The molecule has 1 N–H and O–H groups in total. The molecular formula is C25H27ClN2O3S. The molecule has 0 fully saturated rings. The van der Waals surface area contributed by atoms with Crippen LogP contribution in [0.25, 0.3) is 0 Å². The van der Waals surface area contributed by atoms with Crippen LogP contribution in [0.3, 0.4) is 0 Å². The highest BCUT2D eigenvalue weighted by molar-refractivity contribution is 7.92. The Hall–Kier alpha value is -2.83. The maximum absolute atomic E-state index is 13.5. The molecule has 0 aliphatic heterocycles. The summed E-state index contributed by atoms with van der Waals surface area (Å²) in [6.07, 6.45) is 0.672. The van der Waals surface area contributed by atoms with Crippen molar-refractivity contribution in [3.63, 3.8) is 0 Å². The zero-order chi connectivity index (χ0) is 23.3. The smallest absolute Gasteiger partial charge is 0.264 e. The number of anilines is 1. The maximum atomic E-state index is 13.5. The molecule has 32 heavy (non-hydrogen) atoms. The summed E-state index contributed by atoms with van der Waals surface area (Å²) in [5, 5.41) is 3.22. The summed E-state index contributed by atoms with van der Waals surface area (Å²) in [7, 11) is -4.01. The summed E-state index contributed by atoms with van der Waals surface area (Å²) in [5.74, 6) is -0.409. The molecule has 0 aliphatic rings. The zero-order valence-electron chi connectivity index (χ0n) is 18.4. The first-order valence-corrected chi connectivity index (χ1v) is 12.2. The van der Waals surface area contributed by atoms with Crippen LogP contribution in [0.2, 0.25) is 5.02 Å². The van der Waals surface area contributed by atoms with Gasteiger partial charge in [0.1, 0.15) is 6.54 Å². The standard InChI is InChI=1S/C25H27ClN2O3S/c1-4-23(20-13-9-18(2)10-14-20)27-25(29)17-28(24-8-6-5-7-22(24)26)32(30,31)21-15-11-19(3)12-16-21/h5-16,23H,4,17H2,1-3H3,(H,27,29)/t23-/m1/s1. The Morgan fingerprint density at radius 1 is 0.938 bits per heavy atom. The highest BCUT2D eigenvalue weighted by Gasteiger charge is 2.29. The summed E-state index contributed by atoms with van der Waals surface area (Å²) >= 11 is 6.33. The minimum atomic E-state index is -4.01. The number of para-hydroxylation sites is 1. The third kappa shape index (κ3) is 5.50. The van der Waals surface area contributed by atoms with Crippen molar-refractivity contribution < 1.29 is 13.2 Å². The number of benzene rings is 3. The van der Waals surface area contributed by atoms with Crippen LogP contribution in [-0.2, 0) is 14.8 Å². The molecule has 1 amide bonds. The Morgan fingerprint density at radius 3 is 2.06 bits per heavy atom. The Balaban J connectivity index is 1.92. The van der Waals surface area contributed by atoms with Gasteiger partial charge < -0.3 is 5.32 Å². The normalized spacial score (nSPS) is 12.2. The first kappa shape index (κ1) is 23.8. The molecule has 0 aliphatic carbocycles. The average molecular weight is 471 g/mol. The van der Waals surface area contributed by atoms with E-state index in [0.29, 0.717) is 6.42 Å². The molecule has 0 saturated heterocycles. The molecule has 0 bridgehead atoms. The zero-order valence-corrected chi connectivity index (χ0v) is 20.0. The van der Waals surface area contributed by atoms with Crippen molar-refractivity contribution in [1.82, 2.24) is 5.32 Å². The average Bonchev–Trinajstić information content (AvgIpc) is 2.77. The van der Waals surface area contributed by atoms with E-state index in [1.54, 1.807) is 36.4 Å². The van der Waals surface area contributed by atoms with Crippen LogP contribution in [0, 0.1) is 13.8 Å². The lowest BCUT2D eigenvalue weighted by Crippen LogP contribution is -2.42. The van der Waals surface area contributed by atoms with E-state index in [1.807, 2.05) is 45.0 Å². The first-order chi connectivity index (χ1) is 15.2. The molecule has 0 unspecified atom stereocenters. The van der Waals surface area contributed by atoms with E-state index >= 15 is 0 Å². The van der Waals surface area contributed by atoms with Crippen LogP contribution >= 0.6 is 11.6 Å². The van der Waals surface area contributed by atoms with Crippen molar-refractivity contribution in [3.8, 4) is 0 Å². The number of carbonyl (C=O) groups is 1. The van der Waals surface area contributed by atoms with Crippen LogP contribution in [-0.4, -0.2) is 20.9 Å². The molecule has 3 rings (SSSR count). The number of aryl methyl sites for hydroxylation is 2. The van der Waals surface area contributed by atoms with Gasteiger partial charge in [-0.15, -0.1) is 0 Å². The molecule has 0 aromatic heterocycles. The number of hydrogen-bond acceptors (Lipinski definition) is 3. The van der Waals surface area contributed by atoms with E-state index in [0.717, 1.165) is 21.0 Å². The lowest BCUT2D eigenvalue weighted by atomic mass is 10.0. The van der Waals surface area contributed by atoms with Crippen LogP contribution in [0.15, 0.2) is 77.7 Å². The first-order valence-electron chi connectivity index (χ1n) is 10.4. The fourth-order valence-corrected chi connectivity index (χ4v) is 5.11. The minimum absolute atomic E-state index is 0.0985. The summed E-state index contributed by atoms with van der Waals surface area (Å²) in [4.78, 5) is 13.1. The monoisotopic (exact) mass is 470 g/mol. The third-order valence-corrected chi connectivity index (χ3v) is 7.33. The highest BCUT2D eigenvalue weighted by atomic mass is 35.5. The highest BCUT2D eigenvalue weighted by Crippen LogP contribution is 2.30. The molecule has 0 spiro atoms.